The van der Waals surface area contributed by atoms with E-state index in [0.29, 0.717) is 22.5 Å². The van der Waals surface area contributed by atoms with Gasteiger partial charge in [0.1, 0.15) is 0 Å². The average molecular weight is 443 g/mol. The largest absolute Gasteiger partial charge is 0.285 e. The van der Waals surface area contributed by atoms with Crippen molar-refractivity contribution in [2.24, 2.45) is 0 Å². The molecule has 0 bridgehead atoms. The van der Waals surface area contributed by atoms with Crippen molar-refractivity contribution < 1.29 is 8.42 Å². The maximum atomic E-state index is 12.8. The maximum Gasteiger partial charge on any atom is 0.262 e. The smallest absolute Gasteiger partial charge is 0.262 e. The van der Waals surface area contributed by atoms with Gasteiger partial charge < -0.3 is 0 Å². The van der Waals surface area contributed by atoms with Crippen molar-refractivity contribution in [2.75, 3.05) is 4.72 Å². The summed E-state index contributed by atoms with van der Waals surface area (Å²) in [5.41, 5.74) is 5.68. The molecule has 3 aromatic heterocycles. The Morgan fingerprint density at radius 3 is 2.56 bits per heavy atom. The zero-order chi connectivity index (χ0) is 22.1. The molecule has 9 heteroatoms. The van der Waals surface area contributed by atoms with Gasteiger partial charge in [-0.1, -0.05) is 24.3 Å². The minimum atomic E-state index is -3.73. The number of aromatic nitrogens is 5. The van der Waals surface area contributed by atoms with Crippen LogP contribution in [0.25, 0.3) is 33.4 Å². The van der Waals surface area contributed by atoms with Crippen molar-refractivity contribution in [3.63, 3.8) is 0 Å². The molecule has 0 amide bonds. The van der Waals surface area contributed by atoms with Crippen molar-refractivity contribution in [3.8, 4) is 22.4 Å². The molecule has 0 spiro atoms. The second kappa shape index (κ2) is 7.86. The SMILES string of the molecule is Cc1ccccc1S(=O)(=O)Nc1cncc(-c2ccc3ncc(-c4cn[nH]c4)nc3c2)c1. The Bertz CT molecular complexity index is 1530. The van der Waals surface area contributed by atoms with Crippen LogP contribution in [0.4, 0.5) is 5.69 Å². The van der Waals surface area contributed by atoms with Crippen LogP contribution in [0.2, 0.25) is 0 Å². The summed E-state index contributed by atoms with van der Waals surface area (Å²) >= 11 is 0. The molecule has 5 aromatic rings. The number of benzene rings is 2. The summed E-state index contributed by atoms with van der Waals surface area (Å²) < 4.78 is 28.3. The molecule has 3 heterocycles. The first-order valence-corrected chi connectivity index (χ1v) is 11.3. The third-order valence-corrected chi connectivity index (χ3v) is 6.58. The molecule has 0 fully saturated rings. The topological polar surface area (TPSA) is 114 Å². The summed E-state index contributed by atoms with van der Waals surface area (Å²) in [6, 6.07) is 14.3. The molecular formula is C23H18N6O2S. The van der Waals surface area contributed by atoms with E-state index in [9.17, 15) is 8.42 Å². The quantitative estimate of drug-likeness (QED) is 0.422. The molecule has 0 aliphatic carbocycles. The summed E-state index contributed by atoms with van der Waals surface area (Å²) in [5.74, 6) is 0. The number of aryl methyl sites for hydroxylation is 1. The molecule has 0 saturated carbocycles. The highest BCUT2D eigenvalue weighted by molar-refractivity contribution is 7.92. The van der Waals surface area contributed by atoms with Crippen LogP contribution in [0.5, 0.6) is 0 Å². The number of fused-ring (bicyclic) bond motifs is 1. The Hall–Kier alpha value is -4.11. The summed E-state index contributed by atoms with van der Waals surface area (Å²) in [6.07, 6.45) is 8.31. The molecule has 0 aliphatic rings. The highest BCUT2D eigenvalue weighted by Crippen LogP contribution is 2.27. The molecule has 8 nitrogen and oxygen atoms in total. The van der Waals surface area contributed by atoms with Crippen molar-refractivity contribution in [2.45, 2.75) is 11.8 Å². The first kappa shape index (κ1) is 19.8. The van der Waals surface area contributed by atoms with Crippen LogP contribution in [0.1, 0.15) is 5.56 Å². The Balaban J connectivity index is 1.49. The van der Waals surface area contributed by atoms with Crippen LogP contribution in [0, 0.1) is 6.92 Å². The van der Waals surface area contributed by atoms with Gasteiger partial charge in [0.05, 0.1) is 45.9 Å². The predicted molar refractivity (Wildman–Crippen MR) is 122 cm³/mol. The fourth-order valence-corrected chi connectivity index (χ4v) is 4.72. The van der Waals surface area contributed by atoms with E-state index in [-0.39, 0.29) is 4.90 Å². The lowest BCUT2D eigenvalue weighted by molar-refractivity contribution is 0.600. The third kappa shape index (κ3) is 3.81. The summed E-state index contributed by atoms with van der Waals surface area (Å²) in [6.45, 7) is 1.76. The van der Waals surface area contributed by atoms with E-state index in [1.54, 1.807) is 62.0 Å². The Morgan fingerprint density at radius 1 is 0.875 bits per heavy atom. The number of anilines is 1. The first-order chi connectivity index (χ1) is 15.5. The minimum absolute atomic E-state index is 0.234. The van der Waals surface area contributed by atoms with E-state index in [2.05, 4.69) is 29.9 Å². The molecule has 0 unspecified atom stereocenters. The van der Waals surface area contributed by atoms with Crippen molar-refractivity contribution >= 4 is 26.7 Å². The number of H-pyrrole nitrogens is 1. The van der Waals surface area contributed by atoms with Crippen LogP contribution >= 0.6 is 0 Å². The number of sulfonamides is 1. The molecule has 0 aliphatic heterocycles. The normalized spacial score (nSPS) is 11.5. The van der Waals surface area contributed by atoms with Gasteiger partial charge in [-0.25, -0.2) is 13.4 Å². The fraction of sp³-hybridized carbons (Fsp3) is 0.0435. The molecule has 2 N–H and O–H groups in total. The van der Waals surface area contributed by atoms with Crippen LogP contribution < -0.4 is 4.72 Å². The zero-order valence-corrected chi connectivity index (χ0v) is 17.8. The van der Waals surface area contributed by atoms with Crippen molar-refractivity contribution in [3.05, 3.63) is 85.1 Å². The number of nitrogens with zero attached hydrogens (tertiary/aromatic N) is 4. The zero-order valence-electron chi connectivity index (χ0n) is 17.0. The number of aromatic amines is 1. The number of hydrogen-bond donors (Lipinski definition) is 2. The van der Waals surface area contributed by atoms with Crippen LogP contribution in [0.15, 0.2) is 84.4 Å². The standard InChI is InChI=1S/C23H18N6O2S/c1-15-4-2-3-5-23(15)32(30,31)29-19-8-17(10-24-13-19)16-6-7-20-21(9-16)28-22(14-25-20)18-11-26-27-12-18/h2-14,29H,1H3,(H,26,27). The highest BCUT2D eigenvalue weighted by atomic mass is 32.2. The van der Waals surface area contributed by atoms with Crippen LogP contribution in [0.3, 0.4) is 0 Å². The second-order valence-electron chi connectivity index (χ2n) is 7.28. The van der Waals surface area contributed by atoms with Gasteiger partial charge in [-0.15, -0.1) is 0 Å². The molecule has 2 aromatic carbocycles. The summed E-state index contributed by atoms with van der Waals surface area (Å²) in [4.78, 5) is 13.6. The van der Waals surface area contributed by atoms with E-state index in [1.807, 2.05) is 18.2 Å². The minimum Gasteiger partial charge on any atom is -0.285 e. The Morgan fingerprint density at radius 2 is 1.75 bits per heavy atom. The Labute approximate surface area is 184 Å². The first-order valence-electron chi connectivity index (χ1n) is 9.79. The van der Waals surface area contributed by atoms with E-state index in [4.69, 9.17) is 0 Å². The van der Waals surface area contributed by atoms with Gasteiger partial charge in [0.2, 0.25) is 0 Å². The van der Waals surface area contributed by atoms with Gasteiger partial charge in [0.15, 0.2) is 0 Å². The van der Waals surface area contributed by atoms with Gasteiger partial charge in [-0.3, -0.25) is 19.8 Å². The molecule has 32 heavy (non-hydrogen) atoms. The molecule has 158 valence electrons. The summed E-state index contributed by atoms with van der Waals surface area (Å²) in [7, 11) is -3.73. The third-order valence-electron chi connectivity index (χ3n) is 5.04. The highest BCUT2D eigenvalue weighted by Gasteiger charge is 2.17. The lowest BCUT2D eigenvalue weighted by atomic mass is 10.1. The lowest BCUT2D eigenvalue weighted by Crippen LogP contribution is -2.14. The van der Waals surface area contributed by atoms with E-state index >= 15 is 0 Å². The molecular weight excluding hydrogens is 424 g/mol. The lowest BCUT2D eigenvalue weighted by Gasteiger charge is -2.11. The number of hydrogen-bond acceptors (Lipinski definition) is 6. The maximum absolute atomic E-state index is 12.8. The monoisotopic (exact) mass is 442 g/mol. The van der Waals surface area contributed by atoms with E-state index < -0.39 is 10.0 Å². The van der Waals surface area contributed by atoms with Gasteiger partial charge in [-0.05, 0) is 42.3 Å². The van der Waals surface area contributed by atoms with Gasteiger partial charge >= 0.3 is 0 Å². The second-order valence-corrected chi connectivity index (χ2v) is 8.93. The molecule has 0 radical (unpaired) electrons. The van der Waals surface area contributed by atoms with Crippen LogP contribution in [-0.2, 0) is 10.0 Å². The summed E-state index contributed by atoms with van der Waals surface area (Å²) in [5, 5.41) is 6.72. The number of rotatable bonds is 5. The van der Waals surface area contributed by atoms with Crippen molar-refractivity contribution in [1.82, 2.24) is 25.1 Å². The van der Waals surface area contributed by atoms with Gasteiger partial charge in [0.25, 0.3) is 10.0 Å². The number of pyridine rings is 1. The molecule has 0 atom stereocenters. The van der Waals surface area contributed by atoms with Crippen LogP contribution in [-0.4, -0.2) is 33.6 Å². The van der Waals surface area contributed by atoms with E-state index in [1.165, 1.54) is 6.20 Å². The Kier molecular flexibility index (Phi) is 4.87. The van der Waals surface area contributed by atoms with Crippen molar-refractivity contribution in [1.29, 1.82) is 0 Å². The number of nitrogens with one attached hydrogen (secondary N) is 2. The fourth-order valence-electron chi connectivity index (χ4n) is 3.44. The molecule has 0 saturated heterocycles. The predicted octanol–water partition coefficient (Wildman–Crippen LogP) is 4.19. The average Bonchev–Trinajstić information content (AvgIpc) is 3.33. The van der Waals surface area contributed by atoms with E-state index in [0.717, 1.165) is 22.2 Å². The van der Waals surface area contributed by atoms with Gasteiger partial charge in [0, 0.05) is 23.5 Å². The van der Waals surface area contributed by atoms with Gasteiger partial charge in [-0.2, -0.15) is 5.10 Å². The molecule has 5 rings (SSSR count).